The molecule has 0 bridgehead atoms. The smallest absolute Gasteiger partial charge is 0.239 e. The van der Waals surface area contributed by atoms with E-state index < -0.39 is 0 Å². The number of hydrogen-bond donors (Lipinski definition) is 1. The number of carbonyl (C=O) groups excluding carboxylic acids is 1. The van der Waals surface area contributed by atoms with Gasteiger partial charge in [0.15, 0.2) is 0 Å². The summed E-state index contributed by atoms with van der Waals surface area (Å²) in [6.07, 6.45) is 1.03. The van der Waals surface area contributed by atoms with E-state index in [1.54, 1.807) is 0 Å². The van der Waals surface area contributed by atoms with E-state index in [9.17, 15) is 4.79 Å². The first-order chi connectivity index (χ1) is 7.77. The minimum atomic E-state index is -0.0498. The molecule has 0 spiro atoms. The van der Waals surface area contributed by atoms with E-state index >= 15 is 0 Å². The Labute approximate surface area is 96.5 Å². The number of benzene rings is 1. The standard InChI is InChI=1S/C13H18N2O/c1-11-13(16)15(9-5-8-14-11)10-12-6-3-2-4-7-12/h2-4,6-7,11,14H,5,8-10H2,1H3/t11-/m0/s1. The summed E-state index contributed by atoms with van der Waals surface area (Å²) >= 11 is 0. The zero-order valence-corrected chi connectivity index (χ0v) is 9.65. The third-order valence-electron chi connectivity index (χ3n) is 2.95. The Bertz CT molecular complexity index is 350. The highest BCUT2D eigenvalue weighted by Gasteiger charge is 2.22. The molecule has 0 aliphatic carbocycles. The molecule has 1 amide bonds. The fourth-order valence-electron chi connectivity index (χ4n) is 2.02. The van der Waals surface area contributed by atoms with E-state index in [1.165, 1.54) is 5.56 Å². The summed E-state index contributed by atoms with van der Waals surface area (Å²) in [6.45, 7) is 4.45. The van der Waals surface area contributed by atoms with Gasteiger partial charge in [0.2, 0.25) is 5.91 Å². The molecular formula is C13H18N2O. The van der Waals surface area contributed by atoms with Crippen LogP contribution in [0.1, 0.15) is 18.9 Å². The zero-order chi connectivity index (χ0) is 11.4. The Morgan fingerprint density at radius 3 is 2.88 bits per heavy atom. The topological polar surface area (TPSA) is 32.3 Å². The van der Waals surface area contributed by atoms with Gasteiger partial charge in [-0.25, -0.2) is 0 Å². The maximum Gasteiger partial charge on any atom is 0.239 e. The van der Waals surface area contributed by atoms with Crippen LogP contribution in [0.3, 0.4) is 0 Å². The molecule has 16 heavy (non-hydrogen) atoms. The number of rotatable bonds is 2. The molecule has 1 aliphatic heterocycles. The Hall–Kier alpha value is -1.35. The quantitative estimate of drug-likeness (QED) is 0.813. The maximum absolute atomic E-state index is 12.0. The van der Waals surface area contributed by atoms with Crippen LogP contribution < -0.4 is 5.32 Å². The van der Waals surface area contributed by atoms with Crippen LogP contribution in [0, 0.1) is 0 Å². The second-order valence-electron chi connectivity index (χ2n) is 4.27. The fourth-order valence-corrected chi connectivity index (χ4v) is 2.02. The average molecular weight is 218 g/mol. The van der Waals surface area contributed by atoms with E-state index in [0.29, 0.717) is 0 Å². The first-order valence-electron chi connectivity index (χ1n) is 5.83. The third-order valence-corrected chi connectivity index (χ3v) is 2.95. The molecular weight excluding hydrogens is 200 g/mol. The molecule has 1 aromatic carbocycles. The monoisotopic (exact) mass is 218 g/mol. The van der Waals surface area contributed by atoms with Gasteiger partial charge < -0.3 is 10.2 Å². The predicted molar refractivity (Wildman–Crippen MR) is 63.9 cm³/mol. The highest BCUT2D eigenvalue weighted by atomic mass is 16.2. The molecule has 0 aromatic heterocycles. The van der Waals surface area contributed by atoms with Crippen molar-refractivity contribution in [1.29, 1.82) is 0 Å². The summed E-state index contributed by atoms with van der Waals surface area (Å²) in [5.41, 5.74) is 1.20. The predicted octanol–water partition coefficient (Wildman–Crippen LogP) is 1.40. The van der Waals surface area contributed by atoms with E-state index in [0.717, 1.165) is 26.1 Å². The van der Waals surface area contributed by atoms with Gasteiger partial charge in [0, 0.05) is 13.1 Å². The number of nitrogens with zero attached hydrogens (tertiary/aromatic N) is 1. The lowest BCUT2D eigenvalue weighted by Crippen LogP contribution is -2.41. The highest BCUT2D eigenvalue weighted by molar-refractivity contribution is 5.81. The first kappa shape index (κ1) is 11.1. The van der Waals surface area contributed by atoms with Crippen molar-refractivity contribution in [3.8, 4) is 0 Å². The molecule has 1 heterocycles. The highest BCUT2D eigenvalue weighted by Crippen LogP contribution is 2.09. The fraction of sp³-hybridized carbons (Fsp3) is 0.462. The van der Waals surface area contributed by atoms with Gasteiger partial charge in [0.25, 0.3) is 0 Å². The Morgan fingerprint density at radius 2 is 2.12 bits per heavy atom. The van der Waals surface area contributed by atoms with Crippen LogP contribution in [0.2, 0.25) is 0 Å². The van der Waals surface area contributed by atoms with Crippen molar-refractivity contribution in [3.63, 3.8) is 0 Å². The summed E-state index contributed by atoms with van der Waals surface area (Å²) in [6, 6.07) is 10.1. The van der Waals surface area contributed by atoms with Crippen molar-refractivity contribution in [2.45, 2.75) is 25.9 Å². The first-order valence-corrected chi connectivity index (χ1v) is 5.83. The molecule has 86 valence electrons. The minimum absolute atomic E-state index is 0.0498. The molecule has 2 rings (SSSR count). The summed E-state index contributed by atoms with van der Waals surface area (Å²) in [4.78, 5) is 14.0. The van der Waals surface area contributed by atoms with Gasteiger partial charge in [-0.3, -0.25) is 4.79 Å². The summed E-state index contributed by atoms with van der Waals surface area (Å²) < 4.78 is 0. The van der Waals surface area contributed by atoms with Crippen molar-refractivity contribution in [2.24, 2.45) is 0 Å². The van der Waals surface area contributed by atoms with Gasteiger partial charge in [-0.05, 0) is 25.5 Å². The second-order valence-corrected chi connectivity index (χ2v) is 4.27. The zero-order valence-electron chi connectivity index (χ0n) is 9.65. The molecule has 1 fully saturated rings. The number of nitrogens with one attached hydrogen (secondary N) is 1. The van der Waals surface area contributed by atoms with Crippen LogP contribution in [-0.4, -0.2) is 29.9 Å². The van der Waals surface area contributed by atoms with Crippen molar-refractivity contribution in [3.05, 3.63) is 35.9 Å². The molecule has 1 aliphatic rings. The number of amides is 1. The van der Waals surface area contributed by atoms with Crippen molar-refractivity contribution < 1.29 is 4.79 Å². The molecule has 0 unspecified atom stereocenters. The van der Waals surface area contributed by atoms with Crippen molar-refractivity contribution in [1.82, 2.24) is 10.2 Å². The van der Waals surface area contributed by atoms with Crippen LogP contribution in [0.5, 0.6) is 0 Å². The van der Waals surface area contributed by atoms with Gasteiger partial charge >= 0.3 is 0 Å². The van der Waals surface area contributed by atoms with Crippen LogP contribution >= 0.6 is 0 Å². The Balaban J connectivity index is 2.05. The van der Waals surface area contributed by atoms with Crippen LogP contribution in [-0.2, 0) is 11.3 Å². The maximum atomic E-state index is 12.0. The van der Waals surface area contributed by atoms with E-state index in [1.807, 2.05) is 30.0 Å². The molecule has 3 nitrogen and oxygen atoms in total. The van der Waals surface area contributed by atoms with Gasteiger partial charge in [0.05, 0.1) is 6.04 Å². The van der Waals surface area contributed by atoms with Crippen LogP contribution in [0.4, 0.5) is 0 Å². The lowest BCUT2D eigenvalue weighted by Gasteiger charge is -2.22. The molecule has 1 N–H and O–H groups in total. The summed E-state index contributed by atoms with van der Waals surface area (Å²) in [7, 11) is 0. The van der Waals surface area contributed by atoms with Crippen LogP contribution in [0.25, 0.3) is 0 Å². The van der Waals surface area contributed by atoms with Gasteiger partial charge in [0.1, 0.15) is 0 Å². The molecule has 1 aromatic rings. The third kappa shape index (κ3) is 2.61. The Kier molecular flexibility index (Phi) is 3.57. The normalized spacial score (nSPS) is 21.9. The van der Waals surface area contributed by atoms with E-state index in [-0.39, 0.29) is 11.9 Å². The van der Waals surface area contributed by atoms with Crippen LogP contribution in [0.15, 0.2) is 30.3 Å². The largest absolute Gasteiger partial charge is 0.337 e. The average Bonchev–Trinajstić information content (AvgIpc) is 2.46. The lowest BCUT2D eigenvalue weighted by atomic mass is 10.2. The lowest BCUT2D eigenvalue weighted by molar-refractivity contribution is -0.132. The van der Waals surface area contributed by atoms with Crippen molar-refractivity contribution in [2.75, 3.05) is 13.1 Å². The molecule has 0 radical (unpaired) electrons. The molecule has 0 saturated carbocycles. The van der Waals surface area contributed by atoms with Gasteiger partial charge in [-0.15, -0.1) is 0 Å². The van der Waals surface area contributed by atoms with Gasteiger partial charge in [-0.1, -0.05) is 30.3 Å². The van der Waals surface area contributed by atoms with E-state index in [4.69, 9.17) is 0 Å². The van der Waals surface area contributed by atoms with E-state index in [2.05, 4.69) is 17.4 Å². The molecule has 1 saturated heterocycles. The SMILES string of the molecule is C[C@@H]1NCCCN(Cc2ccccc2)C1=O. The Morgan fingerprint density at radius 1 is 1.38 bits per heavy atom. The number of carbonyl (C=O) groups is 1. The second kappa shape index (κ2) is 5.12. The minimum Gasteiger partial charge on any atom is -0.337 e. The summed E-state index contributed by atoms with van der Waals surface area (Å²) in [5, 5.41) is 3.22. The number of hydrogen-bond acceptors (Lipinski definition) is 2. The van der Waals surface area contributed by atoms with Crippen molar-refractivity contribution >= 4 is 5.91 Å². The van der Waals surface area contributed by atoms with Gasteiger partial charge in [-0.2, -0.15) is 0 Å². The molecule has 3 heteroatoms. The summed E-state index contributed by atoms with van der Waals surface area (Å²) in [5.74, 6) is 0.210. The molecule has 1 atom stereocenters.